The summed E-state index contributed by atoms with van der Waals surface area (Å²) in [5.41, 5.74) is -1.03. The Balaban J connectivity index is 2.58. The number of rotatable bonds is 5. The highest BCUT2D eigenvalue weighted by molar-refractivity contribution is 5.84. The molecule has 0 saturated heterocycles. The lowest BCUT2D eigenvalue weighted by molar-refractivity contribution is -0.129. The maximum atomic E-state index is 12.4. The van der Waals surface area contributed by atoms with Gasteiger partial charge in [-0.05, 0) is 47.6 Å². The number of nitrogens with zero attached hydrogens (tertiary/aromatic N) is 2. The molecule has 1 fully saturated rings. The Labute approximate surface area is 139 Å². The van der Waals surface area contributed by atoms with Crippen molar-refractivity contribution in [1.82, 2.24) is 15.5 Å². The second-order valence-corrected chi connectivity index (χ2v) is 7.63. The van der Waals surface area contributed by atoms with Crippen molar-refractivity contribution in [2.24, 2.45) is 0 Å². The van der Waals surface area contributed by atoms with Gasteiger partial charge in [0.05, 0.1) is 18.7 Å². The minimum Gasteiger partial charge on any atom is -0.350 e. The fourth-order valence-electron chi connectivity index (χ4n) is 2.78. The molecule has 1 aliphatic carbocycles. The van der Waals surface area contributed by atoms with Crippen LogP contribution in [-0.4, -0.2) is 47.4 Å². The topological polar surface area (TPSA) is 85.2 Å². The molecule has 0 aliphatic heterocycles. The summed E-state index contributed by atoms with van der Waals surface area (Å²) in [5.74, 6) is -0.313. The summed E-state index contributed by atoms with van der Waals surface area (Å²) in [6, 6.07) is 1.82. The molecule has 0 aromatic carbocycles. The highest BCUT2D eigenvalue weighted by Crippen LogP contribution is 2.27. The van der Waals surface area contributed by atoms with E-state index in [2.05, 4.69) is 16.7 Å². The van der Waals surface area contributed by atoms with E-state index in [1.807, 2.05) is 20.8 Å². The zero-order chi connectivity index (χ0) is 17.7. The van der Waals surface area contributed by atoms with Crippen LogP contribution in [0, 0.1) is 11.3 Å². The minimum atomic E-state index is -0.738. The zero-order valence-electron chi connectivity index (χ0n) is 15.0. The van der Waals surface area contributed by atoms with E-state index in [-0.39, 0.29) is 23.9 Å². The second-order valence-electron chi connectivity index (χ2n) is 7.63. The van der Waals surface area contributed by atoms with Crippen LogP contribution in [0.3, 0.4) is 0 Å². The third-order valence-electron chi connectivity index (χ3n) is 4.23. The van der Waals surface area contributed by atoms with E-state index in [0.29, 0.717) is 12.8 Å². The Morgan fingerprint density at radius 2 is 1.83 bits per heavy atom. The van der Waals surface area contributed by atoms with Crippen LogP contribution >= 0.6 is 0 Å². The Morgan fingerprint density at radius 3 is 2.30 bits per heavy atom. The van der Waals surface area contributed by atoms with E-state index >= 15 is 0 Å². The van der Waals surface area contributed by atoms with Crippen LogP contribution in [0.25, 0.3) is 0 Å². The van der Waals surface area contributed by atoms with Crippen molar-refractivity contribution in [1.29, 1.82) is 5.26 Å². The number of carbonyl (C=O) groups is 2. The monoisotopic (exact) mass is 322 g/mol. The number of likely N-dealkylation sites (N-methyl/N-ethyl adjacent to an activating group) is 1. The van der Waals surface area contributed by atoms with E-state index in [1.165, 1.54) is 0 Å². The molecule has 2 N–H and O–H groups in total. The lowest BCUT2D eigenvalue weighted by Crippen LogP contribution is -2.55. The van der Waals surface area contributed by atoms with Crippen LogP contribution in [0.5, 0.6) is 0 Å². The number of carbonyl (C=O) groups excluding carboxylic acids is 2. The molecular formula is C17H30N4O2. The summed E-state index contributed by atoms with van der Waals surface area (Å²) < 4.78 is 0. The fraction of sp³-hybridized carbons (Fsp3) is 0.824. The molecule has 130 valence electrons. The standard InChI is InChI=1S/C17H30N4O2/c1-13(21(5)11-14(22)19-16(2,3)4)15(23)20-17(12-18)9-7-6-8-10-17/h13H,6-11H2,1-5H3,(H,19,22)(H,20,23)/t13-/m0/s1. The second kappa shape index (κ2) is 7.78. The summed E-state index contributed by atoms with van der Waals surface area (Å²) in [6.45, 7) is 7.65. The van der Waals surface area contributed by atoms with Gasteiger partial charge in [0.25, 0.3) is 0 Å². The van der Waals surface area contributed by atoms with E-state index in [9.17, 15) is 14.9 Å². The number of hydrogen-bond acceptors (Lipinski definition) is 4. The third kappa shape index (κ3) is 6.19. The summed E-state index contributed by atoms with van der Waals surface area (Å²) in [6.07, 6.45) is 4.45. The molecule has 2 amide bonds. The van der Waals surface area contributed by atoms with Crippen LogP contribution in [0.15, 0.2) is 0 Å². The molecule has 1 saturated carbocycles. The van der Waals surface area contributed by atoms with E-state index < -0.39 is 11.6 Å². The number of hydrogen-bond donors (Lipinski definition) is 2. The number of nitrogens with one attached hydrogen (secondary N) is 2. The van der Waals surface area contributed by atoms with Gasteiger partial charge in [0, 0.05) is 5.54 Å². The van der Waals surface area contributed by atoms with Gasteiger partial charge >= 0.3 is 0 Å². The Morgan fingerprint density at radius 1 is 1.26 bits per heavy atom. The molecule has 0 aromatic heterocycles. The van der Waals surface area contributed by atoms with Crippen molar-refractivity contribution in [3.05, 3.63) is 0 Å². The van der Waals surface area contributed by atoms with Crippen molar-refractivity contribution in [2.45, 2.75) is 76.9 Å². The van der Waals surface area contributed by atoms with Crippen molar-refractivity contribution in [3.63, 3.8) is 0 Å². The maximum absolute atomic E-state index is 12.4. The van der Waals surface area contributed by atoms with Gasteiger partial charge in [-0.2, -0.15) is 5.26 Å². The molecule has 0 spiro atoms. The SMILES string of the molecule is C[C@@H](C(=O)NC1(C#N)CCCCC1)N(C)CC(=O)NC(C)(C)C. The van der Waals surface area contributed by atoms with Crippen molar-refractivity contribution in [3.8, 4) is 6.07 Å². The van der Waals surface area contributed by atoms with Gasteiger partial charge in [0.15, 0.2) is 0 Å². The quantitative estimate of drug-likeness (QED) is 0.804. The summed E-state index contributed by atoms with van der Waals surface area (Å²) >= 11 is 0. The lowest BCUT2D eigenvalue weighted by Gasteiger charge is -2.34. The van der Waals surface area contributed by atoms with Crippen LogP contribution in [0.1, 0.15) is 59.8 Å². The average Bonchev–Trinajstić information content (AvgIpc) is 2.45. The first kappa shape index (κ1) is 19.4. The van der Waals surface area contributed by atoms with Crippen LogP contribution in [-0.2, 0) is 9.59 Å². The van der Waals surface area contributed by atoms with Crippen molar-refractivity contribution in [2.75, 3.05) is 13.6 Å². The van der Waals surface area contributed by atoms with Gasteiger partial charge in [-0.3, -0.25) is 14.5 Å². The first-order valence-electron chi connectivity index (χ1n) is 8.33. The summed E-state index contributed by atoms with van der Waals surface area (Å²) in [5, 5.41) is 15.2. The van der Waals surface area contributed by atoms with Crippen LogP contribution < -0.4 is 10.6 Å². The third-order valence-corrected chi connectivity index (χ3v) is 4.23. The summed E-state index contributed by atoms with van der Waals surface area (Å²) in [7, 11) is 1.74. The molecule has 6 heteroatoms. The predicted molar refractivity (Wildman–Crippen MR) is 89.6 cm³/mol. The Kier molecular flexibility index (Phi) is 6.57. The van der Waals surface area contributed by atoms with Gasteiger partial charge < -0.3 is 10.6 Å². The fourth-order valence-corrected chi connectivity index (χ4v) is 2.78. The Hall–Kier alpha value is -1.61. The van der Waals surface area contributed by atoms with Crippen molar-refractivity contribution < 1.29 is 9.59 Å². The predicted octanol–water partition coefficient (Wildman–Crippen LogP) is 1.56. The highest BCUT2D eigenvalue weighted by Gasteiger charge is 2.35. The normalized spacial score (nSPS) is 18.8. The van der Waals surface area contributed by atoms with Gasteiger partial charge in [0.1, 0.15) is 5.54 Å². The average molecular weight is 322 g/mol. The van der Waals surface area contributed by atoms with Gasteiger partial charge in [-0.25, -0.2) is 0 Å². The minimum absolute atomic E-state index is 0.118. The maximum Gasteiger partial charge on any atom is 0.238 e. The molecule has 1 aliphatic rings. The summed E-state index contributed by atoms with van der Waals surface area (Å²) in [4.78, 5) is 26.1. The van der Waals surface area contributed by atoms with Gasteiger partial charge in [-0.15, -0.1) is 0 Å². The smallest absolute Gasteiger partial charge is 0.238 e. The molecular weight excluding hydrogens is 292 g/mol. The van der Waals surface area contributed by atoms with E-state index in [4.69, 9.17) is 0 Å². The molecule has 0 heterocycles. The molecule has 0 radical (unpaired) electrons. The van der Waals surface area contributed by atoms with Crippen molar-refractivity contribution >= 4 is 11.8 Å². The van der Waals surface area contributed by atoms with Gasteiger partial charge in [-0.1, -0.05) is 19.3 Å². The van der Waals surface area contributed by atoms with E-state index in [0.717, 1.165) is 19.3 Å². The molecule has 1 atom stereocenters. The van der Waals surface area contributed by atoms with Gasteiger partial charge in [0.2, 0.25) is 11.8 Å². The first-order chi connectivity index (χ1) is 10.6. The molecule has 23 heavy (non-hydrogen) atoms. The molecule has 0 unspecified atom stereocenters. The van der Waals surface area contributed by atoms with Crippen LogP contribution in [0.2, 0.25) is 0 Å². The number of amides is 2. The van der Waals surface area contributed by atoms with E-state index in [1.54, 1.807) is 18.9 Å². The molecule has 0 aromatic rings. The zero-order valence-corrected chi connectivity index (χ0v) is 15.0. The largest absolute Gasteiger partial charge is 0.350 e. The van der Waals surface area contributed by atoms with Crippen LogP contribution in [0.4, 0.5) is 0 Å². The molecule has 1 rings (SSSR count). The molecule has 0 bridgehead atoms. The lowest BCUT2D eigenvalue weighted by atomic mass is 9.82. The highest BCUT2D eigenvalue weighted by atomic mass is 16.2. The Bertz CT molecular complexity index is 470. The number of nitriles is 1. The first-order valence-corrected chi connectivity index (χ1v) is 8.33. The molecule has 6 nitrogen and oxygen atoms in total.